The first-order valence-electron chi connectivity index (χ1n) is 5.76. The third kappa shape index (κ3) is 2.55. The van der Waals surface area contributed by atoms with Crippen LogP contribution in [0, 0.1) is 0 Å². The van der Waals surface area contributed by atoms with Crippen molar-refractivity contribution in [3.8, 4) is 0 Å². The molecule has 2 aromatic rings. The van der Waals surface area contributed by atoms with Crippen molar-refractivity contribution in [1.29, 1.82) is 0 Å². The Morgan fingerprint density at radius 1 is 1.41 bits per heavy atom. The van der Waals surface area contributed by atoms with Crippen LogP contribution in [0.4, 0.5) is 0 Å². The summed E-state index contributed by atoms with van der Waals surface area (Å²) in [4.78, 5) is 4.09. The minimum atomic E-state index is -0.560. The fraction of sp³-hybridized carbons (Fsp3) is 0.500. The number of hydrogen-bond donors (Lipinski definition) is 1. The van der Waals surface area contributed by atoms with Gasteiger partial charge in [0.05, 0.1) is 23.9 Å². The highest BCUT2D eigenvalue weighted by Gasteiger charge is 2.16. The Labute approximate surface area is 101 Å². The lowest BCUT2D eigenvalue weighted by molar-refractivity contribution is 0.165. The van der Waals surface area contributed by atoms with E-state index in [0.717, 1.165) is 11.4 Å². The lowest BCUT2D eigenvalue weighted by Gasteiger charge is -2.15. The third-order valence-electron chi connectivity index (χ3n) is 2.77. The number of imidazole rings is 1. The van der Waals surface area contributed by atoms with Gasteiger partial charge in [0.1, 0.15) is 6.10 Å². The minimum absolute atomic E-state index is 0.297. The molecule has 0 aliphatic heterocycles. The summed E-state index contributed by atoms with van der Waals surface area (Å²) in [6.07, 6.45) is 5.30. The molecule has 1 N–H and O–H groups in total. The molecular weight excluding hydrogens is 216 g/mol. The third-order valence-corrected chi connectivity index (χ3v) is 2.77. The fourth-order valence-corrected chi connectivity index (χ4v) is 1.88. The summed E-state index contributed by atoms with van der Waals surface area (Å²) in [7, 11) is 1.87. The normalized spacial score (nSPS) is 13.2. The maximum atomic E-state index is 10.2. The van der Waals surface area contributed by atoms with Crippen LogP contribution in [-0.4, -0.2) is 24.4 Å². The molecule has 5 heteroatoms. The summed E-state index contributed by atoms with van der Waals surface area (Å²) < 4.78 is 3.72. The van der Waals surface area contributed by atoms with E-state index in [2.05, 4.69) is 23.9 Å². The first kappa shape index (κ1) is 11.9. The molecule has 0 amide bonds. The Morgan fingerprint density at radius 2 is 2.18 bits per heavy atom. The number of rotatable bonds is 4. The van der Waals surface area contributed by atoms with Gasteiger partial charge >= 0.3 is 0 Å². The van der Waals surface area contributed by atoms with E-state index >= 15 is 0 Å². The second-order valence-corrected chi connectivity index (χ2v) is 4.52. The van der Waals surface area contributed by atoms with Crippen LogP contribution in [-0.2, 0) is 13.5 Å². The zero-order valence-electron chi connectivity index (χ0n) is 10.4. The van der Waals surface area contributed by atoms with Crippen molar-refractivity contribution in [3.05, 3.63) is 36.2 Å². The quantitative estimate of drug-likeness (QED) is 0.871. The van der Waals surface area contributed by atoms with Gasteiger partial charge in [0, 0.05) is 25.7 Å². The Morgan fingerprint density at radius 3 is 2.76 bits per heavy atom. The molecule has 0 bridgehead atoms. The molecule has 0 aromatic carbocycles. The van der Waals surface area contributed by atoms with Crippen molar-refractivity contribution >= 4 is 0 Å². The minimum Gasteiger partial charge on any atom is -0.386 e. The van der Waals surface area contributed by atoms with E-state index in [1.807, 2.05) is 23.9 Å². The van der Waals surface area contributed by atoms with Crippen molar-refractivity contribution in [1.82, 2.24) is 19.3 Å². The molecule has 92 valence electrons. The summed E-state index contributed by atoms with van der Waals surface area (Å²) in [6, 6.07) is 2.21. The lowest BCUT2D eigenvalue weighted by Crippen LogP contribution is -2.11. The molecule has 0 saturated carbocycles. The zero-order chi connectivity index (χ0) is 12.4. The van der Waals surface area contributed by atoms with E-state index in [9.17, 15) is 5.11 Å². The topological polar surface area (TPSA) is 55.9 Å². The van der Waals surface area contributed by atoms with Crippen LogP contribution in [0.25, 0.3) is 0 Å². The van der Waals surface area contributed by atoms with Gasteiger partial charge in [-0.25, -0.2) is 4.98 Å². The average molecular weight is 234 g/mol. The first-order chi connectivity index (χ1) is 8.08. The van der Waals surface area contributed by atoms with E-state index in [1.165, 1.54) is 0 Å². The molecule has 0 aliphatic rings. The molecule has 0 fully saturated rings. The smallest absolute Gasteiger partial charge is 0.101 e. The second kappa shape index (κ2) is 4.71. The van der Waals surface area contributed by atoms with Gasteiger partial charge in [-0.15, -0.1) is 0 Å². The summed E-state index contributed by atoms with van der Waals surface area (Å²) in [6.45, 7) is 4.14. The van der Waals surface area contributed by atoms with Crippen LogP contribution in [0.1, 0.15) is 37.4 Å². The first-order valence-corrected chi connectivity index (χ1v) is 5.76. The molecular formula is C12H18N4O. The standard InChI is InChI=1S/C12H18N4O/c1-9(2)16-8-13-7-11(16)12(17)6-10-4-5-15(3)14-10/h4-5,7-9,12,17H,6H2,1-3H3. The van der Waals surface area contributed by atoms with Gasteiger partial charge in [0.15, 0.2) is 0 Å². The van der Waals surface area contributed by atoms with Crippen molar-refractivity contribution in [2.75, 3.05) is 0 Å². The molecule has 0 radical (unpaired) electrons. The van der Waals surface area contributed by atoms with Crippen molar-refractivity contribution in [2.24, 2.45) is 7.05 Å². The average Bonchev–Trinajstić information content (AvgIpc) is 2.86. The predicted molar refractivity (Wildman–Crippen MR) is 64.5 cm³/mol. The van der Waals surface area contributed by atoms with Crippen LogP contribution < -0.4 is 0 Å². The molecule has 2 rings (SSSR count). The molecule has 2 aromatic heterocycles. The van der Waals surface area contributed by atoms with Gasteiger partial charge in [0.2, 0.25) is 0 Å². The Kier molecular flexibility index (Phi) is 3.28. The summed E-state index contributed by atoms with van der Waals surface area (Å²) in [5.74, 6) is 0. The summed E-state index contributed by atoms with van der Waals surface area (Å²) in [5, 5.41) is 14.5. The number of aliphatic hydroxyl groups excluding tert-OH is 1. The number of aryl methyl sites for hydroxylation is 1. The molecule has 0 spiro atoms. The highest BCUT2D eigenvalue weighted by atomic mass is 16.3. The van der Waals surface area contributed by atoms with E-state index in [-0.39, 0.29) is 0 Å². The highest BCUT2D eigenvalue weighted by Crippen LogP contribution is 2.20. The largest absolute Gasteiger partial charge is 0.386 e. The molecule has 1 unspecified atom stereocenters. The van der Waals surface area contributed by atoms with Crippen LogP contribution in [0.2, 0.25) is 0 Å². The van der Waals surface area contributed by atoms with Crippen molar-refractivity contribution in [3.63, 3.8) is 0 Å². The highest BCUT2D eigenvalue weighted by molar-refractivity contribution is 5.09. The number of aromatic nitrogens is 4. The molecule has 2 heterocycles. The zero-order valence-corrected chi connectivity index (χ0v) is 10.4. The summed E-state index contributed by atoms with van der Waals surface area (Å²) in [5.41, 5.74) is 1.72. The Hall–Kier alpha value is -1.62. The van der Waals surface area contributed by atoms with Crippen LogP contribution in [0.5, 0.6) is 0 Å². The van der Waals surface area contributed by atoms with Gasteiger partial charge in [-0.3, -0.25) is 4.68 Å². The van der Waals surface area contributed by atoms with E-state index in [0.29, 0.717) is 12.5 Å². The molecule has 0 aliphatic carbocycles. The monoisotopic (exact) mass is 234 g/mol. The Balaban J connectivity index is 2.14. The van der Waals surface area contributed by atoms with Gasteiger partial charge < -0.3 is 9.67 Å². The van der Waals surface area contributed by atoms with Crippen molar-refractivity contribution in [2.45, 2.75) is 32.4 Å². The summed E-state index contributed by atoms with van der Waals surface area (Å²) >= 11 is 0. The van der Waals surface area contributed by atoms with Gasteiger partial charge in [-0.1, -0.05) is 0 Å². The molecule has 0 saturated heterocycles. The van der Waals surface area contributed by atoms with Crippen LogP contribution in [0.3, 0.4) is 0 Å². The number of hydrogen-bond acceptors (Lipinski definition) is 3. The van der Waals surface area contributed by atoms with Crippen molar-refractivity contribution < 1.29 is 5.11 Å². The van der Waals surface area contributed by atoms with Gasteiger partial charge in [-0.05, 0) is 19.9 Å². The lowest BCUT2D eigenvalue weighted by atomic mass is 10.1. The Bertz CT molecular complexity index is 486. The predicted octanol–water partition coefficient (Wildman–Crippen LogP) is 1.47. The number of nitrogens with zero attached hydrogens (tertiary/aromatic N) is 4. The molecule has 5 nitrogen and oxygen atoms in total. The van der Waals surface area contributed by atoms with Crippen LogP contribution in [0.15, 0.2) is 24.8 Å². The maximum Gasteiger partial charge on any atom is 0.101 e. The maximum absolute atomic E-state index is 10.2. The second-order valence-electron chi connectivity index (χ2n) is 4.52. The van der Waals surface area contributed by atoms with Crippen LogP contribution >= 0.6 is 0 Å². The molecule has 1 atom stereocenters. The van der Waals surface area contributed by atoms with Gasteiger partial charge in [-0.2, -0.15) is 5.10 Å². The SMILES string of the molecule is CC(C)n1cncc1C(O)Cc1ccn(C)n1. The number of aliphatic hydroxyl groups is 1. The van der Waals surface area contributed by atoms with Gasteiger partial charge in [0.25, 0.3) is 0 Å². The van der Waals surface area contributed by atoms with E-state index in [1.54, 1.807) is 17.2 Å². The van der Waals surface area contributed by atoms with E-state index in [4.69, 9.17) is 0 Å². The molecule has 17 heavy (non-hydrogen) atoms. The fourth-order valence-electron chi connectivity index (χ4n) is 1.88. The van der Waals surface area contributed by atoms with E-state index < -0.39 is 6.10 Å².